The number of nitriles is 1. The Kier molecular flexibility index (Phi) is 5.24. The topological polar surface area (TPSA) is 125 Å². The summed E-state index contributed by atoms with van der Waals surface area (Å²) in [6.07, 6.45) is 0. The quantitative estimate of drug-likeness (QED) is 0.602. The average Bonchev–Trinajstić information content (AvgIpc) is 2.56. The first-order chi connectivity index (χ1) is 11.8. The number of nitrogens with zero attached hydrogens (tertiary/aromatic N) is 2. The predicted molar refractivity (Wildman–Crippen MR) is 94.0 cm³/mol. The van der Waals surface area contributed by atoms with Crippen LogP contribution in [0.2, 0.25) is 0 Å². The second-order valence-corrected chi connectivity index (χ2v) is 6.87. The Labute approximate surface area is 145 Å². The van der Waals surface area contributed by atoms with Gasteiger partial charge in [0.2, 0.25) is 0 Å². The lowest BCUT2D eigenvalue weighted by Crippen LogP contribution is -2.16. The molecule has 0 aliphatic carbocycles. The number of hydrogen-bond acceptors (Lipinski definition) is 6. The van der Waals surface area contributed by atoms with Gasteiger partial charge in [-0.25, -0.2) is 8.42 Å². The summed E-state index contributed by atoms with van der Waals surface area (Å²) < 4.78 is 27.8. The summed E-state index contributed by atoms with van der Waals surface area (Å²) in [4.78, 5) is 10.1. The highest BCUT2D eigenvalue weighted by molar-refractivity contribution is 7.92. The molecule has 0 fully saturated rings. The molecule has 2 aromatic carbocycles. The molecule has 2 rings (SSSR count). The lowest BCUT2D eigenvalue weighted by Gasteiger charge is -2.15. The first kappa shape index (κ1) is 18.2. The first-order valence-corrected chi connectivity index (χ1v) is 8.82. The average molecular weight is 360 g/mol. The van der Waals surface area contributed by atoms with E-state index in [9.17, 15) is 18.5 Å². The van der Waals surface area contributed by atoms with Gasteiger partial charge in [0.25, 0.3) is 15.7 Å². The number of non-ortho nitro benzene ring substituents is 1. The van der Waals surface area contributed by atoms with E-state index in [1.165, 1.54) is 18.2 Å². The fourth-order valence-electron chi connectivity index (χ4n) is 2.23. The highest BCUT2D eigenvalue weighted by Crippen LogP contribution is 2.28. The molecule has 2 N–H and O–H groups in total. The van der Waals surface area contributed by atoms with Crippen molar-refractivity contribution in [1.29, 1.82) is 5.26 Å². The Balaban J connectivity index is 2.51. The zero-order valence-electron chi connectivity index (χ0n) is 13.6. The Morgan fingerprint density at radius 3 is 2.52 bits per heavy atom. The molecule has 0 saturated heterocycles. The summed E-state index contributed by atoms with van der Waals surface area (Å²) in [5, 5.41) is 22.9. The molecule has 0 aliphatic heterocycles. The minimum atomic E-state index is -4.07. The third-order valence-electron chi connectivity index (χ3n) is 3.43. The van der Waals surface area contributed by atoms with Crippen LogP contribution in [-0.2, 0) is 10.0 Å². The van der Waals surface area contributed by atoms with Crippen molar-refractivity contribution in [3.05, 3.63) is 57.6 Å². The van der Waals surface area contributed by atoms with Crippen molar-refractivity contribution in [3.8, 4) is 6.07 Å². The number of benzene rings is 2. The highest BCUT2D eigenvalue weighted by Gasteiger charge is 2.22. The van der Waals surface area contributed by atoms with Crippen LogP contribution < -0.4 is 10.0 Å². The summed E-state index contributed by atoms with van der Waals surface area (Å²) in [5.74, 6) is 0. The number of nitrogens with one attached hydrogen (secondary N) is 2. The van der Waals surface area contributed by atoms with Crippen molar-refractivity contribution < 1.29 is 13.3 Å². The molecule has 0 bridgehead atoms. The molecule has 0 unspecified atom stereocenters. The van der Waals surface area contributed by atoms with Crippen LogP contribution in [-0.4, -0.2) is 19.9 Å². The molecule has 9 heteroatoms. The Hall–Kier alpha value is -3.12. The van der Waals surface area contributed by atoms with Crippen molar-refractivity contribution in [2.24, 2.45) is 0 Å². The molecule has 0 aromatic heterocycles. The van der Waals surface area contributed by atoms with E-state index in [1.807, 2.05) is 13.0 Å². The summed E-state index contributed by atoms with van der Waals surface area (Å²) >= 11 is 0. The van der Waals surface area contributed by atoms with Crippen molar-refractivity contribution in [2.45, 2.75) is 18.7 Å². The molecular weight excluding hydrogens is 344 g/mol. The van der Waals surface area contributed by atoms with Crippen molar-refractivity contribution in [3.63, 3.8) is 0 Å². The van der Waals surface area contributed by atoms with Gasteiger partial charge in [0.1, 0.15) is 0 Å². The van der Waals surface area contributed by atoms with E-state index in [1.54, 1.807) is 19.1 Å². The van der Waals surface area contributed by atoms with Crippen LogP contribution in [0.3, 0.4) is 0 Å². The summed E-state index contributed by atoms with van der Waals surface area (Å²) in [6, 6.07) is 10.1. The van der Waals surface area contributed by atoms with Crippen molar-refractivity contribution in [1.82, 2.24) is 0 Å². The van der Waals surface area contributed by atoms with Gasteiger partial charge in [0.05, 0.1) is 32.8 Å². The highest BCUT2D eigenvalue weighted by atomic mass is 32.2. The van der Waals surface area contributed by atoms with Crippen molar-refractivity contribution in [2.75, 3.05) is 16.6 Å². The maximum absolute atomic E-state index is 12.7. The van der Waals surface area contributed by atoms with E-state index >= 15 is 0 Å². The smallest absolute Gasteiger partial charge is 0.270 e. The van der Waals surface area contributed by atoms with E-state index in [-0.39, 0.29) is 21.8 Å². The van der Waals surface area contributed by atoms with Gasteiger partial charge in [-0.3, -0.25) is 14.8 Å². The second-order valence-electron chi connectivity index (χ2n) is 5.21. The predicted octanol–water partition coefficient (Wildman–Crippen LogP) is 3.01. The lowest BCUT2D eigenvalue weighted by molar-refractivity contribution is -0.385. The van der Waals surface area contributed by atoms with Gasteiger partial charge in [0, 0.05) is 18.7 Å². The first-order valence-electron chi connectivity index (χ1n) is 7.34. The zero-order valence-corrected chi connectivity index (χ0v) is 14.4. The molecule has 0 spiro atoms. The molecule has 130 valence electrons. The minimum Gasteiger partial charge on any atom is -0.384 e. The zero-order chi connectivity index (χ0) is 18.6. The largest absolute Gasteiger partial charge is 0.384 e. The van der Waals surface area contributed by atoms with E-state index in [0.29, 0.717) is 17.8 Å². The number of aryl methyl sites for hydroxylation is 1. The summed E-state index contributed by atoms with van der Waals surface area (Å²) in [7, 11) is -4.07. The van der Waals surface area contributed by atoms with Gasteiger partial charge in [-0.15, -0.1) is 0 Å². The van der Waals surface area contributed by atoms with Crippen LogP contribution in [0.5, 0.6) is 0 Å². The normalized spacial score (nSPS) is 10.8. The Bertz CT molecular complexity index is 965. The molecule has 0 atom stereocenters. The third kappa shape index (κ3) is 4.05. The van der Waals surface area contributed by atoms with Crippen molar-refractivity contribution >= 4 is 27.1 Å². The van der Waals surface area contributed by atoms with E-state index < -0.39 is 14.9 Å². The molecular formula is C16H16N4O4S. The lowest BCUT2D eigenvalue weighted by atomic mass is 10.2. The monoisotopic (exact) mass is 360 g/mol. The standard InChI is InChI=1S/C16H16N4O4S/c1-3-18-14-7-5-12(10-17)8-15(14)19-25(23,24)16-9-13(20(21)22)6-4-11(16)2/h4-9,18-19H,3H2,1-2H3. The fraction of sp³-hybridized carbons (Fsp3) is 0.188. The number of rotatable bonds is 6. The van der Waals surface area contributed by atoms with Crippen LogP contribution in [0, 0.1) is 28.4 Å². The summed E-state index contributed by atoms with van der Waals surface area (Å²) in [5.41, 5.74) is 1.05. The molecule has 0 amide bonds. The van der Waals surface area contributed by atoms with E-state index in [4.69, 9.17) is 5.26 Å². The van der Waals surface area contributed by atoms with Crippen LogP contribution in [0.25, 0.3) is 0 Å². The van der Waals surface area contributed by atoms with Crippen LogP contribution in [0.4, 0.5) is 17.1 Å². The van der Waals surface area contributed by atoms with Crippen LogP contribution in [0.15, 0.2) is 41.3 Å². The number of nitro benzene ring substituents is 1. The number of sulfonamides is 1. The van der Waals surface area contributed by atoms with E-state index in [0.717, 1.165) is 6.07 Å². The third-order valence-corrected chi connectivity index (χ3v) is 4.94. The molecule has 8 nitrogen and oxygen atoms in total. The fourth-order valence-corrected chi connectivity index (χ4v) is 3.57. The van der Waals surface area contributed by atoms with Crippen LogP contribution >= 0.6 is 0 Å². The van der Waals surface area contributed by atoms with Gasteiger partial charge in [-0.2, -0.15) is 5.26 Å². The molecule has 0 aliphatic rings. The van der Waals surface area contributed by atoms with Gasteiger partial charge in [-0.05, 0) is 37.6 Å². The minimum absolute atomic E-state index is 0.188. The van der Waals surface area contributed by atoms with E-state index in [2.05, 4.69) is 10.0 Å². The number of anilines is 2. The number of nitro groups is 1. The molecule has 25 heavy (non-hydrogen) atoms. The number of hydrogen-bond donors (Lipinski definition) is 2. The summed E-state index contributed by atoms with van der Waals surface area (Å²) in [6.45, 7) is 3.95. The second kappa shape index (κ2) is 7.19. The maximum Gasteiger partial charge on any atom is 0.270 e. The van der Waals surface area contributed by atoms with Gasteiger partial charge in [-0.1, -0.05) is 6.07 Å². The van der Waals surface area contributed by atoms with Gasteiger partial charge >= 0.3 is 0 Å². The molecule has 0 heterocycles. The SMILES string of the molecule is CCNc1ccc(C#N)cc1NS(=O)(=O)c1cc([N+](=O)[O-])ccc1C. The van der Waals surface area contributed by atoms with Crippen LogP contribution in [0.1, 0.15) is 18.1 Å². The van der Waals surface area contributed by atoms with Gasteiger partial charge < -0.3 is 5.32 Å². The molecule has 0 radical (unpaired) electrons. The maximum atomic E-state index is 12.7. The molecule has 2 aromatic rings. The Morgan fingerprint density at radius 1 is 1.20 bits per heavy atom. The molecule has 0 saturated carbocycles. The van der Waals surface area contributed by atoms with Gasteiger partial charge in [0.15, 0.2) is 0 Å². The Morgan fingerprint density at radius 2 is 1.92 bits per heavy atom.